The highest BCUT2D eigenvalue weighted by atomic mass is 16.2. The quantitative estimate of drug-likeness (QED) is 0.860. The first-order valence-corrected chi connectivity index (χ1v) is 7.79. The predicted molar refractivity (Wildman–Crippen MR) is 83.4 cm³/mol. The molecule has 22 heavy (non-hydrogen) atoms. The van der Waals surface area contributed by atoms with Gasteiger partial charge in [-0.25, -0.2) is 4.68 Å². The summed E-state index contributed by atoms with van der Waals surface area (Å²) in [4.78, 5) is 26.6. The van der Waals surface area contributed by atoms with Gasteiger partial charge in [0.15, 0.2) is 0 Å². The molecule has 1 saturated heterocycles. The number of amides is 1. The molecule has 6 nitrogen and oxygen atoms in total. The summed E-state index contributed by atoms with van der Waals surface area (Å²) in [5.74, 6) is 0.516. The molecule has 0 aliphatic carbocycles. The molecular formula is C16H20N4O2. The first-order chi connectivity index (χ1) is 10.7. The van der Waals surface area contributed by atoms with E-state index in [0.717, 1.165) is 25.9 Å². The topological polar surface area (TPSA) is 68.1 Å². The Kier molecular flexibility index (Phi) is 4.18. The minimum absolute atomic E-state index is 0.0346. The molecule has 0 unspecified atom stereocenters. The van der Waals surface area contributed by atoms with Gasteiger partial charge in [0.05, 0.1) is 5.39 Å². The van der Waals surface area contributed by atoms with Crippen molar-refractivity contribution in [2.45, 2.75) is 32.7 Å². The summed E-state index contributed by atoms with van der Waals surface area (Å²) < 4.78 is 1.17. The monoisotopic (exact) mass is 300 g/mol. The van der Waals surface area contributed by atoms with Gasteiger partial charge in [0.25, 0.3) is 5.56 Å². The predicted octanol–water partition coefficient (Wildman–Crippen LogP) is 1.44. The molecule has 0 spiro atoms. The number of fused-ring (bicyclic) bond motifs is 1. The third kappa shape index (κ3) is 2.86. The van der Waals surface area contributed by atoms with Gasteiger partial charge in [-0.05, 0) is 30.9 Å². The third-order valence-electron chi connectivity index (χ3n) is 4.36. The summed E-state index contributed by atoms with van der Waals surface area (Å²) in [6.07, 6.45) is 3.29. The normalized spacial score (nSPS) is 18.6. The van der Waals surface area contributed by atoms with E-state index in [9.17, 15) is 9.59 Å². The van der Waals surface area contributed by atoms with Crippen molar-refractivity contribution >= 4 is 16.8 Å². The smallest absolute Gasteiger partial charge is 0.278 e. The summed E-state index contributed by atoms with van der Waals surface area (Å²) >= 11 is 0. The highest BCUT2D eigenvalue weighted by Gasteiger charge is 2.23. The van der Waals surface area contributed by atoms with E-state index in [2.05, 4.69) is 17.2 Å². The van der Waals surface area contributed by atoms with E-state index >= 15 is 0 Å². The van der Waals surface area contributed by atoms with Crippen LogP contribution in [-0.4, -0.2) is 38.9 Å². The molecule has 1 aliphatic rings. The summed E-state index contributed by atoms with van der Waals surface area (Å²) in [6.45, 7) is 3.67. The van der Waals surface area contributed by atoms with E-state index in [1.807, 2.05) is 11.0 Å². The number of hydrogen-bond acceptors (Lipinski definition) is 4. The molecule has 0 N–H and O–H groups in total. The second-order valence-electron chi connectivity index (χ2n) is 5.83. The zero-order valence-corrected chi connectivity index (χ0v) is 12.7. The van der Waals surface area contributed by atoms with Crippen LogP contribution < -0.4 is 5.56 Å². The number of hydrogen-bond donors (Lipinski definition) is 0. The van der Waals surface area contributed by atoms with Crippen LogP contribution >= 0.6 is 0 Å². The molecular weight excluding hydrogens is 280 g/mol. The fourth-order valence-corrected chi connectivity index (χ4v) is 2.98. The maximum atomic E-state index is 12.4. The van der Waals surface area contributed by atoms with Gasteiger partial charge >= 0.3 is 0 Å². The fraction of sp³-hybridized carbons (Fsp3) is 0.500. The number of aromatic nitrogens is 3. The fourth-order valence-electron chi connectivity index (χ4n) is 2.98. The van der Waals surface area contributed by atoms with Crippen molar-refractivity contribution in [3.8, 4) is 0 Å². The van der Waals surface area contributed by atoms with Crippen molar-refractivity contribution in [2.24, 2.45) is 5.92 Å². The Bertz CT molecular complexity index is 740. The zero-order valence-electron chi connectivity index (χ0n) is 12.7. The Balaban J connectivity index is 1.79. The molecule has 1 aromatic carbocycles. The molecule has 2 aromatic rings. The molecule has 1 atom stereocenters. The van der Waals surface area contributed by atoms with Crippen LogP contribution in [0, 0.1) is 5.92 Å². The van der Waals surface area contributed by atoms with Crippen LogP contribution in [0.2, 0.25) is 0 Å². The SMILES string of the molecule is CC[C@H]1CCCN(C(=O)Cn2nnc3ccccc3c2=O)C1. The Morgan fingerprint density at radius 2 is 2.18 bits per heavy atom. The lowest BCUT2D eigenvalue weighted by Gasteiger charge is -2.32. The van der Waals surface area contributed by atoms with E-state index in [4.69, 9.17) is 0 Å². The van der Waals surface area contributed by atoms with Gasteiger partial charge in [0, 0.05) is 13.1 Å². The van der Waals surface area contributed by atoms with Crippen molar-refractivity contribution in [2.75, 3.05) is 13.1 Å². The lowest BCUT2D eigenvalue weighted by atomic mass is 9.96. The molecule has 0 radical (unpaired) electrons. The molecule has 0 saturated carbocycles. The zero-order chi connectivity index (χ0) is 15.5. The Labute approximate surface area is 128 Å². The lowest BCUT2D eigenvalue weighted by Crippen LogP contribution is -2.43. The molecule has 1 aliphatic heterocycles. The van der Waals surface area contributed by atoms with Crippen molar-refractivity contribution < 1.29 is 4.79 Å². The molecule has 3 rings (SSSR count). The van der Waals surface area contributed by atoms with Crippen molar-refractivity contribution in [1.29, 1.82) is 0 Å². The largest absolute Gasteiger partial charge is 0.341 e. The number of carbonyl (C=O) groups is 1. The lowest BCUT2D eigenvalue weighted by molar-refractivity contribution is -0.134. The summed E-state index contributed by atoms with van der Waals surface area (Å²) in [6, 6.07) is 7.05. The maximum Gasteiger partial charge on any atom is 0.278 e. The number of nitrogens with zero attached hydrogens (tertiary/aromatic N) is 4. The summed E-state index contributed by atoms with van der Waals surface area (Å²) in [5, 5.41) is 8.40. The molecule has 1 aromatic heterocycles. The van der Waals surface area contributed by atoms with Gasteiger partial charge in [-0.1, -0.05) is 30.7 Å². The number of carbonyl (C=O) groups excluding carboxylic acids is 1. The van der Waals surface area contributed by atoms with Crippen LogP contribution in [0.4, 0.5) is 0 Å². The van der Waals surface area contributed by atoms with Crippen LogP contribution in [0.15, 0.2) is 29.1 Å². The van der Waals surface area contributed by atoms with Crippen LogP contribution in [0.5, 0.6) is 0 Å². The van der Waals surface area contributed by atoms with E-state index in [0.29, 0.717) is 16.8 Å². The van der Waals surface area contributed by atoms with Gasteiger partial charge in [-0.15, -0.1) is 5.10 Å². The second-order valence-corrected chi connectivity index (χ2v) is 5.83. The van der Waals surface area contributed by atoms with Gasteiger partial charge in [-0.2, -0.15) is 0 Å². The average molecular weight is 300 g/mol. The van der Waals surface area contributed by atoms with Gasteiger partial charge in [0.2, 0.25) is 5.91 Å². The summed E-state index contributed by atoms with van der Waals surface area (Å²) in [7, 11) is 0. The minimum Gasteiger partial charge on any atom is -0.341 e. The van der Waals surface area contributed by atoms with Crippen molar-refractivity contribution in [1.82, 2.24) is 19.9 Å². The summed E-state index contributed by atoms with van der Waals surface area (Å²) in [5.41, 5.74) is 0.295. The Morgan fingerprint density at radius 1 is 1.36 bits per heavy atom. The standard InChI is InChI=1S/C16H20N4O2/c1-2-12-6-5-9-19(10-12)15(21)11-20-16(22)13-7-3-4-8-14(13)17-18-20/h3-4,7-8,12H,2,5-6,9-11H2,1H3/t12-/m0/s1. The van der Waals surface area contributed by atoms with Crippen molar-refractivity contribution in [3.63, 3.8) is 0 Å². The Morgan fingerprint density at radius 3 is 3.00 bits per heavy atom. The van der Waals surface area contributed by atoms with Gasteiger partial charge in [-0.3, -0.25) is 9.59 Å². The van der Waals surface area contributed by atoms with Gasteiger partial charge in [0.1, 0.15) is 12.1 Å². The molecule has 116 valence electrons. The molecule has 1 fully saturated rings. The highest BCUT2D eigenvalue weighted by Crippen LogP contribution is 2.19. The molecule has 1 amide bonds. The maximum absolute atomic E-state index is 12.4. The average Bonchev–Trinajstić information content (AvgIpc) is 2.57. The minimum atomic E-state index is -0.261. The third-order valence-corrected chi connectivity index (χ3v) is 4.36. The van der Waals surface area contributed by atoms with Crippen LogP contribution in [0.1, 0.15) is 26.2 Å². The van der Waals surface area contributed by atoms with Crippen LogP contribution in [-0.2, 0) is 11.3 Å². The van der Waals surface area contributed by atoms with E-state index in [1.165, 1.54) is 11.1 Å². The van der Waals surface area contributed by atoms with Crippen LogP contribution in [0.25, 0.3) is 10.9 Å². The molecule has 0 bridgehead atoms. The number of rotatable bonds is 3. The highest BCUT2D eigenvalue weighted by molar-refractivity contribution is 5.78. The first-order valence-electron chi connectivity index (χ1n) is 7.79. The van der Waals surface area contributed by atoms with Gasteiger partial charge < -0.3 is 4.90 Å². The number of benzene rings is 1. The Hall–Kier alpha value is -2.24. The number of piperidine rings is 1. The van der Waals surface area contributed by atoms with Crippen LogP contribution in [0.3, 0.4) is 0 Å². The number of likely N-dealkylation sites (tertiary alicyclic amines) is 1. The van der Waals surface area contributed by atoms with E-state index in [1.54, 1.807) is 18.2 Å². The molecule has 6 heteroatoms. The van der Waals surface area contributed by atoms with E-state index < -0.39 is 0 Å². The first kappa shape index (κ1) is 14.7. The van der Waals surface area contributed by atoms with E-state index in [-0.39, 0.29) is 18.0 Å². The van der Waals surface area contributed by atoms with Crippen molar-refractivity contribution in [3.05, 3.63) is 34.6 Å². The molecule has 2 heterocycles. The second kappa shape index (κ2) is 6.25.